The molecule has 5 rings (SSSR count). The number of hydrogen-bond acceptors (Lipinski definition) is 3. The molecule has 128 valence electrons. The molecule has 3 aliphatic heterocycles. The fourth-order valence-corrected chi connectivity index (χ4v) is 6.02. The number of aliphatic hydroxyl groups excluding tert-OH is 1. The second-order valence-corrected chi connectivity index (χ2v) is 8.04. The van der Waals surface area contributed by atoms with E-state index in [0.717, 1.165) is 37.9 Å². The van der Waals surface area contributed by atoms with Crippen molar-refractivity contribution in [3.05, 3.63) is 35.5 Å². The van der Waals surface area contributed by atoms with E-state index >= 15 is 0 Å². The molecule has 3 atom stereocenters. The summed E-state index contributed by atoms with van der Waals surface area (Å²) in [4.78, 5) is 2.64. The summed E-state index contributed by atoms with van der Waals surface area (Å²) in [6.45, 7) is 4.32. The van der Waals surface area contributed by atoms with Gasteiger partial charge in [0.15, 0.2) is 5.72 Å². The van der Waals surface area contributed by atoms with E-state index in [1.54, 1.807) is 0 Å². The maximum Gasteiger partial charge on any atom is 0.165 e. The molecule has 4 heteroatoms. The number of hydrogen-bond donors (Lipinski definition) is 2. The first kappa shape index (κ1) is 14.9. The molecule has 0 unspecified atom stereocenters. The molecule has 1 aromatic heterocycles. The average molecular weight is 326 g/mol. The van der Waals surface area contributed by atoms with E-state index in [1.165, 1.54) is 23.1 Å². The normalized spacial score (nSPS) is 35.2. The van der Waals surface area contributed by atoms with Crippen molar-refractivity contribution >= 4 is 10.9 Å². The Hall–Kier alpha value is -1.36. The largest absolute Gasteiger partial charge is 0.391 e. The van der Waals surface area contributed by atoms with Crippen molar-refractivity contribution in [2.75, 3.05) is 19.7 Å². The zero-order chi connectivity index (χ0) is 16.5. The second kappa shape index (κ2) is 4.84. The Balaban J connectivity index is 1.89. The monoisotopic (exact) mass is 326 g/mol. The van der Waals surface area contributed by atoms with Crippen LogP contribution >= 0.6 is 0 Å². The Bertz CT molecular complexity index is 813. The Morgan fingerprint density at radius 3 is 2.88 bits per heavy atom. The number of benzene rings is 1. The highest BCUT2D eigenvalue weighted by Crippen LogP contribution is 2.60. The van der Waals surface area contributed by atoms with Gasteiger partial charge in [-0.1, -0.05) is 25.1 Å². The second-order valence-electron chi connectivity index (χ2n) is 8.04. The molecule has 4 heterocycles. The van der Waals surface area contributed by atoms with Crippen LogP contribution in [0.25, 0.3) is 10.9 Å². The summed E-state index contributed by atoms with van der Waals surface area (Å²) in [5, 5.41) is 22.9. The zero-order valence-electron chi connectivity index (χ0n) is 14.3. The van der Waals surface area contributed by atoms with Crippen molar-refractivity contribution < 1.29 is 10.2 Å². The van der Waals surface area contributed by atoms with Crippen LogP contribution in [0.15, 0.2) is 24.3 Å². The maximum absolute atomic E-state index is 11.5. The highest BCUT2D eigenvalue weighted by molar-refractivity contribution is 5.86. The molecule has 0 saturated carbocycles. The van der Waals surface area contributed by atoms with Crippen molar-refractivity contribution in [2.45, 2.75) is 50.8 Å². The Kier molecular flexibility index (Phi) is 3.01. The minimum atomic E-state index is -1.18. The molecule has 4 nitrogen and oxygen atoms in total. The first-order valence-electron chi connectivity index (χ1n) is 9.33. The predicted octanol–water partition coefficient (Wildman–Crippen LogP) is 2.77. The Labute approximate surface area is 142 Å². The van der Waals surface area contributed by atoms with E-state index in [-0.39, 0.29) is 12.0 Å². The molecule has 1 aromatic carbocycles. The van der Waals surface area contributed by atoms with Crippen LogP contribution in [0.1, 0.15) is 49.9 Å². The fraction of sp³-hybridized carbons (Fsp3) is 0.600. The number of aliphatic hydroxyl groups is 2. The van der Waals surface area contributed by atoms with E-state index in [4.69, 9.17) is 0 Å². The molecule has 3 aliphatic rings. The summed E-state index contributed by atoms with van der Waals surface area (Å²) in [5.41, 5.74) is 2.66. The average Bonchev–Trinajstić information content (AvgIpc) is 2.97. The van der Waals surface area contributed by atoms with Gasteiger partial charge in [-0.3, -0.25) is 4.90 Å². The number of rotatable bonds is 2. The van der Waals surface area contributed by atoms with Crippen LogP contribution in [0.2, 0.25) is 0 Å². The summed E-state index contributed by atoms with van der Waals surface area (Å²) >= 11 is 0. The highest BCUT2D eigenvalue weighted by atomic mass is 16.3. The smallest absolute Gasteiger partial charge is 0.165 e. The first-order chi connectivity index (χ1) is 11.6. The summed E-state index contributed by atoms with van der Waals surface area (Å²) in [6, 6.07) is 8.79. The molecule has 0 radical (unpaired) electrons. The molecule has 0 spiro atoms. The summed E-state index contributed by atoms with van der Waals surface area (Å²) < 4.78 is 2.09. The lowest BCUT2D eigenvalue weighted by molar-refractivity contribution is -0.164. The number of piperidine rings is 1. The topological polar surface area (TPSA) is 48.6 Å². The Morgan fingerprint density at radius 2 is 2.08 bits per heavy atom. The SMILES string of the molecule is CC[C@]12CCCN3CCc4c(n(c5ccccc45)[C@@](O)(CO)C1)[C@@H]32. The summed E-state index contributed by atoms with van der Waals surface area (Å²) in [5.74, 6) is 0. The van der Waals surface area contributed by atoms with Gasteiger partial charge in [-0.15, -0.1) is 0 Å². The van der Waals surface area contributed by atoms with Crippen LogP contribution < -0.4 is 0 Å². The van der Waals surface area contributed by atoms with Crippen LogP contribution in [-0.2, 0) is 12.1 Å². The minimum absolute atomic E-state index is 0.0786. The van der Waals surface area contributed by atoms with E-state index in [1.807, 2.05) is 6.07 Å². The summed E-state index contributed by atoms with van der Waals surface area (Å²) in [6.07, 6.45) is 5.09. The van der Waals surface area contributed by atoms with Gasteiger partial charge in [0, 0.05) is 24.0 Å². The molecule has 0 bridgehead atoms. The quantitative estimate of drug-likeness (QED) is 0.892. The molecule has 1 saturated heterocycles. The predicted molar refractivity (Wildman–Crippen MR) is 93.8 cm³/mol. The van der Waals surface area contributed by atoms with E-state index in [9.17, 15) is 10.2 Å². The highest BCUT2D eigenvalue weighted by Gasteiger charge is 2.57. The van der Waals surface area contributed by atoms with E-state index < -0.39 is 5.72 Å². The zero-order valence-corrected chi connectivity index (χ0v) is 14.3. The molecule has 1 fully saturated rings. The lowest BCUT2D eigenvalue weighted by Crippen LogP contribution is -2.58. The molecular formula is C20H26N2O2. The van der Waals surface area contributed by atoms with Gasteiger partial charge in [0.05, 0.1) is 18.2 Å². The molecule has 2 N–H and O–H groups in total. The first-order valence-corrected chi connectivity index (χ1v) is 9.33. The van der Waals surface area contributed by atoms with Gasteiger partial charge >= 0.3 is 0 Å². The van der Waals surface area contributed by atoms with Crippen molar-refractivity contribution in [2.24, 2.45) is 5.41 Å². The van der Waals surface area contributed by atoms with Gasteiger partial charge in [-0.25, -0.2) is 0 Å². The number of fused-ring (bicyclic) bond motifs is 3. The number of aromatic nitrogens is 1. The van der Waals surface area contributed by atoms with Gasteiger partial charge in [-0.05, 0) is 49.3 Å². The van der Waals surface area contributed by atoms with Crippen LogP contribution in [0, 0.1) is 5.41 Å². The lowest BCUT2D eigenvalue weighted by Gasteiger charge is -2.58. The minimum Gasteiger partial charge on any atom is -0.391 e. The third-order valence-corrected chi connectivity index (χ3v) is 7.00. The van der Waals surface area contributed by atoms with Crippen molar-refractivity contribution in [3.63, 3.8) is 0 Å². The molecule has 0 amide bonds. The summed E-state index contributed by atoms with van der Waals surface area (Å²) in [7, 11) is 0. The Morgan fingerprint density at radius 1 is 1.25 bits per heavy atom. The maximum atomic E-state index is 11.5. The number of para-hydroxylation sites is 1. The van der Waals surface area contributed by atoms with Gasteiger partial charge < -0.3 is 14.8 Å². The van der Waals surface area contributed by atoms with Crippen LogP contribution in [0.4, 0.5) is 0 Å². The van der Waals surface area contributed by atoms with Crippen LogP contribution in [0.5, 0.6) is 0 Å². The molecule has 2 aromatic rings. The molecular weight excluding hydrogens is 300 g/mol. The van der Waals surface area contributed by atoms with E-state index in [2.05, 4.69) is 34.6 Å². The van der Waals surface area contributed by atoms with Crippen molar-refractivity contribution in [1.29, 1.82) is 0 Å². The molecule has 0 aliphatic carbocycles. The van der Waals surface area contributed by atoms with Crippen molar-refractivity contribution in [1.82, 2.24) is 9.47 Å². The van der Waals surface area contributed by atoms with Gasteiger partial charge in [0.1, 0.15) is 0 Å². The van der Waals surface area contributed by atoms with Crippen molar-refractivity contribution in [3.8, 4) is 0 Å². The van der Waals surface area contributed by atoms with Crippen LogP contribution in [0.3, 0.4) is 0 Å². The van der Waals surface area contributed by atoms with Gasteiger partial charge in [-0.2, -0.15) is 0 Å². The van der Waals surface area contributed by atoms with E-state index in [0.29, 0.717) is 12.5 Å². The molecule has 24 heavy (non-hydrogen) atoms. The van der Waals surface area contributed by atoms with Crippen LogP contribution in [-0.4, -0.2) is 39.4 Å². The standard InChI is InChI=1S/C20H26N2O2/c1-2-19-9-5-10-21-11-8-15-14-6-3-4-7-16(14)22(17(15)18(19)21)20(24,12-19)13-23/h3-4,6-7,18,23-24H,2,5,8-13H2,1H3/t18-,19+,20+/m1/s1. The number of nitrogens with zero attached hydrogens (tertiary/aromatic N) is 2. The fourth-order valence-electron chi connectivity index (χ4n) is 6.02. The van der Waals surface area contributed by atoms with Gasteiger partial charge in [0.2, 0.25) is 0 Å². The van der Waals surface area contributed by atoms with Gasteiger partial charge in [0.25, 0.3) is 0 Å². The third-order valence-electron chi connectivity index (χ3n) is 7.00. The third kappa shape index (κ3) is 1.64. The lowest BCUT2D eigenvalue weighted by atomic mass is 9.62.